The molecule has 0 spiro atoms. The topological polar surface area (TPSA) is 74.9 Å². The molecule has 5 fully saturated rings. The second-order valence-electron chi connectivity index (χ2n) is 9.56. The fourth-order valence-electron chi connectivity index (χ4n) is 5.71. The zero-order chi connectivity index (χ0) is 18.9. The van der Waals surface area contributed by atoms with Crippen LogP contribution >= 0.6 is 0 Å². The molecule has 0 radical (unpaired) electrons. The summed E-state index contributed by atoms with van der Waals surface area (Å²) in [5.74, 6) is 2.47. The van der Waals surface area contributed by atoms with Crippen LogP contribution in [0.4, 0.5) is 0 Å². The van der Waals surface area contributed by atoms with Crippen molar-refractivity contribution in [1.29, 1.82) is 0 Å². The third kappa shape index (κ3) is 3.97. The Balaban J connectivity index is 1.09. The molecule has 4 unspecified atom stereocenters. The number of amides is 1. The van der Waals surface area contributed by atoms with E-state index < -0.39 is 0 Å². The Bertz CT molecular complexity index is 544. The summed E-state index contributed by atoms with van der Waals surface area (Å²) in [6.45, 7) is 4.70. The van der Waals surface area contributed by atoms with Gasteiger partial charge in [0.25, 0.3) is 0 Å². The maximum atomic E-state index is 12.5. The van der Waals surface area contributed by atoms with Gasteiger partial charge < -0.3 is 15.0 Å². The van der Waals surface area contributed by atoms with Crippen LogP contribution in [0, 0.1) is 23.7 Å². The minimum Gasteiger partial charge on any atom is -0.381 e. The van der Waals surface area contributed by atoms with Gasteiger partial charge >= 0.3 is 0 Å². The Hall–Kier alpha value is -0.730. The molecule has 7 nitrogen and oxygen atoms in total. The third-order valence-electron chi connectivity index (χ3n) is 7.88. The largest absolute Gasteiger partial charge is 0.381 e. The number of hydroxylamine groups is 1. The van der Waals surface area contributed by atoms with Crippen LogP contribution < -0.4 is 16.1 Å². The number of rotatable bonds is 4. The molecular weight excluding hydrogens is 356 g/mol. The molecular formula is C21H36N4O3. The van der Waals surface area contributed by atoms with Crippen molar-refractivity contribution in [1.82, 2.24) is 21.0 Å². The number of hydrogen-bond donors (Lipinski definition) is 3. The van der Waals surface area contributed by atoms with E-state index >= 15 is 0 Å². The number of piperidine rings is 2. The molecule has 3 N–H and O–H groups in total. The first-order valence-electron chi connectivity index (χ1n) is 11.5. The van der Waals surface area contributed by atoms with Gasteiger partial charge in [-0.15, -0.1) is 0 Å². The summed E-state index contributed by atoms with van der Waals surface area (Å²) in [6, 6.07) is 0.562. The summed E-state index contributed by atoms with van der Waals surface area (Å²) in [6.07, 6.45) is 9.38. The molecule has 1 aliphatic carbocycles. The average molecular weight is 393 g/mol. The summed E-state index contributed by atoms with van der Waals surface area (Å²) in [5, 5.41) is 7.44. The van der Waals surface area contributed by atoms with E-state index in [-0.39, 0.29) is 12.4 Å². The van der Waals surface area contributed by atoms with Gasteiger partial charge in [-0.2, -0.15) is 5.48 Å². The molecule has 28 heavy (non-hydrogen) atoms. The zero-order valence-corrected chi connectivity index (χ0v) is 16.9. The van der Waals surface area contributed by atoms with Gasteiger partial charge in [0.1, 0.15) is 6.23 Å². The lowest BCUT2D eigenvalue weighted by Crippen LogP contribution is -2.51. The lowest BCUT2D eigenvalue weighted by Gasteiger charge is -2.38. The van der Waals surface area contributed by atoms with Gasteiger partial charge in [-0.25, -0.2) is 0 Å². The van der Waals surface area contributed by atoms with Gasteiger partial charge in [-0.05, 0) is 63.3 Å². The van der Waals surface area contributed by atoms with Gasteiger partial charge in [0, 0.05) is 37.6 Å². The predicted octanol–water partition coefficient (Wildman–Crippen LogP) is 1.21. The second-order valence-corrected chi connectivity index (χ2v) is 9.56. The molecule has 4 saturated heterocycles. The van der Waals surface area contributed by atoms with E-state index in [1.54, 1.807) is 0 Å². The summed E-state index contributed by atoms with van der Waals surface area (Å²) in [4.78, 5) is 20.6. The highest BCUT2D eigenvalue weighted by molar-refractivity contribution is 5.79. The van der Waals surface area contributed by atoms with Crippen LogP contribution in [-0.4, -0.2) is 62.1 Å². The Morgan fingerprint density at radius 1 is 0.964 bits per heavy atom. The fraction of sp³-hybridized carbons (Fsp3) is 0.952. The molecule has 5 atom stereocenters. The van der Waals surface area contributed by atoms with E-state index in [0.29, 0.717) is 35.6 Å². The quantitative estimate of drug-likeness (QED) is 0.668. The van der Waals surface area contributed by atoms with Crippen molar-refractivity contribution in [2.24, 2.45) is 23.7 Å². The van der Waals surface area contributed by atoms with E-state index in [2.05, 4.69) is 21.0 Å². The van der Waals surface area contributed by atoms with Crippen LogP contribution in [-0.2, 0) is 14.4 Å². The SMILES string of the molecule is O=C(C1CCC1)N1CCC(C2NOC(C3CCNC([C@H]4CCOC4)C3)N2)CC1. The minimum atomic E-state index is 0.103. The number of hydrogen-bond acceptors (Lipinski definition) is 6. The maximum Gasteiger partial charge on any atom is 0.225 e. The molecule has 1 saturated carbocycles. The van der Waals surface area contributed by atoms with Gasteiger partial charge in [0.05, 0.1) is 12.8 Å². The normalized spacial score (nSPS) is 40.6. The highest BCUT2D eigenvalue weighted by Crippen LogP contribution is 2.32. The van der Waals surface area contributed by atoms with Gasteiger partial charge in [0.15, 0.2) is 0 Å². The van der Waals surface area contributed by atoms with Crippen molar-refractivity contribution in [2.45, 2.75) is 69.8 Å². The molecule has 4 heterocycles. The summed E-state index contributed by atoms with van der Waals surface area (Å²) in [5.41, 5.74) is 3.29. The van der Waals surface area contributed by atoms with Gasteiger partial charge in [-0.3, -0.25) is 14.9 Å². The number of carbonyl (C=O) groups excluding carboxylic acids is 1. The lowest BCUT2D eigenvalue weighted by atomic mass is 9.83. The molecule has 4 aliphatic heterocycles. The number of carbonyl (C=O) groups is 1. The fourth-order valence-corrected chi connectivity index (χ4v) is 5.71. The standard InChI is InChI=1S/C21H36N4O3/c26-21(15-2-1-3-15)25-9-5-14(6-10-25)19-23-20(28-24-19)16-4-8-22-18(12-16)17-7-11-27-13-17/h14-20,22-24H,1-13H2/t16?,17-,18?,19?,20?/m0/s1. The van der Waals surface area contributed by atoms with E-state index in [9.17, 15) is 4.79 Å². The van der Waals surface area contributed by atoms with Crippen LogP contribution in [0.3, 0.4) is 0 Å². The van der Waals surface area contributed by atoms with Crippen LogP contribution in [0.5, 0.6) is 0 Å². The van der Waals surface area contributed by atoms with Crippen molar-refractivity contribution < 1.29 is 14.4 Å². The lowest BCUT2D eigenvalue weighted by molar-refractivity contribution is -0.139. The van der Waals surface area contributed by atoms with Gasteiger partial charge in [-0.1, -0.05) is 6.42 Å². The molecule has 1 amide bonds. The molecule has 5 aliphatic rings. The van der Waals surface area contributed by atoms with Crippen molar-refractivity contribution in [3.8, 4) is 0 Å². The van der Waals surface area contributed by atoms with Gasteiger partial charge in [0.2, 0.25) is 5.91 Å². The monoisotopic (exact) mass is 392 g/mol. The summed E-state index contributed by atoms with van der Waals surface area (Å²) in [7, 11) is 0. The van der Waals surface area contributed by atoms with Crippen molar-refractivity contribution in [2.75, 3.05) is 32.8 Å². The van der Waals surface area contributed by atoms with E-state index in [1.165, 1.54) is 12.8 Å². The Labute approximate surface area is 168 Å². The second kappa shape index (κ2) is 8.56. The highest BCUT2D eigenvalue weighted by Gasteiger charge is 2.40. The number of nitrogens with zero attached hydrogens (tertiary/aromatic N) is 1. The van der Waals surface area contributed by atoms with Crippen molar-refractivity contribution in [3.05, 3.63) is 0 Å². The summed E-state index contributed by atoms with van der Waals surface area (Å²) < 4.78 is 5.59. The molecule has 158 valence electrons. The third-order valence-corrected chi connectivity index (χ3v) is 7.88. The predicted molar refractivity (Wildman–Crippen MR) is 105 cm³/mol. The molecule has 0 aromatic heterocycles. The first kappa shape index (κ1) is 19.2. The first-order chi connectivity index (χ1) is 13.8. The van der Waals surface area contributed by atoms with Crippen LogP contribution in [0.15, 0.2) is 0 Å². The number of nitrogens with one attached hydrogen (secondary N) is 3. The molecule has 0 aromatic carbocycles. The van der Waals surface area contributed by atoms with Crippen LogP contribution in [0.25, 0.3) is 0 Å². The highest BCUT2D eigenvalue weighted by atomic mass is 16.7. The van der Waals surface area contributed by atoms with E-state index in [0.717, 1.165) is 71.4 Å². The van der Waals surface area contributed by atoms with E-state index in [4.69, 9.17) is 9.57 Å². The molecule has 5 rings (SSSR count). The summed E-state index contributed by atoms with van der Waals surface area (Å²) >= 11 is 0. The minimum absolute atomic E-state index is 0.103. The van der Waals surface area contributed by atoms with Crippen molar-refractivity contribution >= 4 is 5.91 Å². The van der Waals surface area contributed by atoms with Crippen LogP contribution in [0.1, 0.15) is 51.4 Å². The average Bonchev–Trinajstić information content (AvgIpc) is 3.39. The maximum absolute atomic E-state index is 12.5. The Kier molecular flexibility index (Phi) is 5.88. The Morgan fingerprint density at radius 3 is 2.54 bits per heavy atom. The van der Waals surface area contributed by atoms with Crippen LogP contribution in [0.2, 0.25) is 0 Å². The number of ether oxygens (including phenoxy) is 1. The molecule has 0 aromatic rings. The first-order valence-corrected chi connectivity index (χ1v) is 11.5. The van der Waals surface area contributed by atoms with E-state index in [1.807, 2.05) is 0 Å². The number of likely N-dealkylation sites (tertiary alicyclic amines) is 1. The smallest absolute Gasteiger partial charge is 0.225 e. The molecule has 7 heteroatoms. The molecule has 0 bridgehead atoms. The van der Waals surface area contributed by atoms with Crippen molar-refractivity contribution in [3.63, 3.8) is 0 Å². The zero-order valence-electron chi connectivity index (χ0n) is 16.9. The Morgan fingerprint density at radius 2 is 1.82 bits per heavy atom.